The van der Waals surface area contributed by atoms with Crippen molar-refractivity contribution in [2.75, 3.05) is 6.54 Å². The second kappa shape index (κ2) is 5.44. The molecule has 0 aliphatic rings. The van der Waals surface area contributed by atoms with E-state index >= 15 is 0 Å². The van der Waals surface area contributed by atoms with E-state index in [0.29, 0.717) is 6.54 Å². The van der Waals surface area contributed by atoms with Gasteiger partial charge in [-0.1, -0.05) is 42.3 Å². The van der Waals surface area contributed by atoms with Crippen LogP contribution in [0.25, 0.3) is 10.8 Å². The maximum absolute atomic E-state index is 10.2. The Hall–Kier alpha value is -1.82. The zero-order chi connectivity index (χ0) is 13.9. The molecule has 19 heavy (non-hydrogen) atoms. The minimum Gasteiger partial charge on any atom is -0.387 e. The number of aliphatic hydroxyl groups excluding tert-OH is 1. The van der Waals surface area contributed by atoms with Crippen molar-refractivity contribution in [3.05, 3.63) is 48.0 Å². The molecule has 0 fully saturated rings. The number of benzene rings is 2. The largest absolute Gasteiger partial charge is 0.387 e. The molecule has 0 aromatic heterocycles. The van der Waals surface area contributed by atoms with Gasteiger partial charge in [0.1, 0.15) is 0 Å². The molecule has 2 heteroatoms. The fourth-order valence-electron chi connectivity index (χ4n) is 1.94. The van der Waals surface area contributed by atoms with Gasteiger partial charge in [0.05, 0.1) is 11.6 Å². The molecule has 0 saturated carbocycles. The first-order chi connectivity index (χ1) is 9.02. The molecule has 0 amide bonds. The van der Waals surface area contributed by atoms with Crippen molar-refractivity contribution in [3.8, 4) is 12.3 Å². The molecule has 98 valence electrons. The summed E-state index contributed by atoms with van der Waals surface area (Å²) in [7, 11) is 0. The molecular weight excluding hydrogens is 234 g/mol. The van der Waals surface area contributed by atoms with Crippen molar-refractivity contribution in [1.29, 1.82) is 0 Å². The summed E-state index contributed by atoms with van der Waals surface area (Å²) in [4.78, 5) is 0. The monoisotopic (exact) mass is 253 g/mol. The van der Waals surface area contributed by atoms with Crippen LogP contribution < -0.4 is 5.32 Å². The summed E-state index contributed by atoms with van der Waals surface area (Å²) in [6, 6.07) is 14.1. The molecule has 1 atom stereocenters. The van der Waals surface area contributed by atoms with E-state index in [-0.39, 0.29) is 0 Å². The molecule has 2 aromatic rings. The maximum atomic E-state index is 10.2. The molecule has 0 saturated heterocycles. The van der Waals surface area contributed by atoms with Crippen LogP contribution in [-0.2, 0) is 0 Å². The fraction of sp³-hybridized carbons (Fsp3) is 0.294. The lowest BCUT2D eigenvalue weighted by Crippen LogP contribution is -2.40. The van der Waals surface area contributed by atoms with Gasteiger partial charge in [0.2, 0.25) is 0 Å². The summed E-state index contributed by atoms with van der Waals surface area (Å²) in [5.74, 6) is 2.66. The zero-order valence-electron chi connectivity index (χ0n) is 11.4. The van der Waals surface area contributed by atoms with Gasteiger partial charge in [-0.2, -0.15) is 0 Å². The Bertz CT molecular complexity index is 610. The van der Waals surface area contributed by atoms with Gasteiger partial charge >= 0.3 is 0 Å². The van der Waals surface area contributed by atoms with Crippen molar-refractivity contribution in [1.82, 2.24) is 5.32 Å². The second-order valence-electron chi connectivity index (χ2n) is 5.27. The molecule has 0 aliphatic heterocycles. The van der Waals surface area contributed by atoms with Crippen molar-refractivity contribution >= 4 is 10.8 Å². The number of fused-ring (bicyclic) bond motifs is 1. The summed E-state index contributed by atoms with van der Waals surface area (Å²) in [5, 5.41) is 15.7. The van der Waals surface area contributed by atoms with Crippen LogP contribution in [0.1, 0.15) is 25.5 Å². The fourth-order valence-corrected chi connectivity index (χ4v) is 1.94. The van der Waals surface area contributed by atoms with E-state index in [1.165, 1.54) is 5.39 Å². The Morgan fingerprint density at radius 1 is 1.21 bits per heavy atom. The first-order valence-corrected chi connectivity index (χ1v) is 6.41. The molecule has 0 aliphatic carbocycles. The van der Waals surface area contributed by atoms with Crippen molar-refractivity contribution < 1.29 is 5.11 Å². The quantitative estimate of drug-likeness (QED) is 0.821. The highest BCUT2D eigenvalue weighted by Crippen LogP contribution is 2.20. The standard InChI is InChI=1S/C17H19NO/c1-4-17(2,3)18-12-16(19)15-10-9-13-7-5-6-8-14(13)11-15/h1,5-11,16,18-19H,12H2,2-3H3. The van der Waals surface area contributed by atoms with E-state index in [2.05, 4.69) is 17.3 Å². The van der Waals surface area contributed by atoms with Crippen LogP contribution >= 0.6 is 0 Å². The molecule has 0 heterocycles. The van der Waals surface area contributed by atoms with E-state index in [1.54, 1.807) is 0 Å². The Morgan fingerprint density at radius 3 is 2.58 bits per heavy atom. The summed E-state index contributed by atoms with van der Waals surface area (Å²) in [5.41, 5.74) is 0.497. The lowest BCUT2D eigenvalue weighted by molar-refractivity contribution is 0.167. The van der Waals surface area contributed by atoms with Crippen LogP contribution in [0.15, 0.2) is 42.5 Å². The van der Waals surface area contributed by atoms with Gasteiger partial charge in [-0.25, -0.2) is 0 Å². The van der Waals surface area contributed by atoms with E-state index in [1.807, 2.05) is 50.2 Å². The Labute approximate surface area is 114 Å². The SMILES string of the molecule is C#CC(C)(C)NCC(O)c1ccc2ccccc2c1. The second-order valence-corrected chi connectivity index (χ2v) is 5.27. The first-order valence-electron chi connectivity index (χ1n) is 6.41. The van der Waals surface area contributed by atoms with Crippen LogP contribution in [-0.4, -0.2) is 17.2 Å². The summed E-state index contributed by atoms with van der Waals surface area (Å²) in [6.07, 6.45) is 4.85. The predicted molar refractivity (Wildman–Crippen MR) is 79.8 cm³/mol. The lowest BCUT2D eigenvalue weighted by Gasteiger charge is -2.22. The van der Waals surface area contributed by atoms with Crippen molar-refractivity contribution in [2.45, 2.75) is 25.5 Å². The van der Waals surface area contributed by atoms with Gasteiger partial charge in [-0.15, -0.1) is 6.42 Å². The number of hydrogen-bond acceptors (Lipinski definition) is 2. The van der Waals surface area contributed by atoms with E-state index in [0.717, 1.165) is 10.9 Å². The van der Waals surface area contributed by atoms with Crippen LogP contribution in [0.4, 0.5) is 0 Å². The summed E-state index contributed by atoms with van der Waals surface area (Å²) < 4.78 is 0. The summed E-state index contributed by atoms with van der Waals surface area (Å²) >= 11 is 0. The zero-order valence-corrected chi connectivity index (χ0v) is 11.4. The van der Waals surface area contributed by atoms with Crippen LogP contribution in [0.3, 0.4) is 0 Å². The average molecular weight is 253 g/mol. The van der Waals surface area contributed by atoms with Crippen LogP contribution in [0.2, 0.25) is 0 Å². The predicted octanol–water partition coefficient (Wildman–Crippen LogP) is 2.87. The number of nitrogens with one attached hydrogen (secondary N) is 1. The molecule has 2 N–H and O–H groups in total. The molecule has 0 radical (unpaired) electrons. The van der Waals surface area contributed by atoms with E-state index < -0.39 is 11.6 Å². The third kappa shape index (κ3) is 3.35. The van der Waals surface area contributed by atoms with Gasteiger partial charge in [-0.3, -0.25) is 5.32 Å². The van der Waals surface area contributed by atoms with Gasteiger partial charge < -0.3 is 5.11 Å². The van der Waals surface area contributed by atoms with Crippen LogP contribution in [0, 0.1) is 12.3 Å². The number of hydrogen-bond donors (Lipinski definition) is 2. The smallest absolute Gasteiger partial charge is 0.0915 e. The molecule has 2 aromatic carbocycles. The Morgan fingerprint density at radius 2 is 1.89 bits per heavy atom. The number of terminal acetylenes is 1. The Kier molecular flexibility index (Phi) is 3.90. The molecule has 2 nitrogen and oxygen atoms in total. The Balaban J connectivity index is 2.13. The normalized spacial score (nSPS) is 13.2. The van der Waals surface area contributed by atoms with E-state index in [4.69, 9.17) is 6.42 Å². The van der Waals surface area contributed by atoms with Crippen LogP contribution in [0.5, 0.6) is 0 Å². The minimum atomic E-state index is -0.558. The molecule has 0 bridgehead atoms. The van der Waals surface area contributed by atoms with E-state index in [9.17, 15) is 5.11 Å². The molecular formula is C17H19NO. The van der Waals surface area contributed by atoms with Crippen molar-refractivity contribution in [2.24, 2.45) is 0 Å². The highest BCUT2D eigenvalue weighted by molar-refractivity contribution is 5.83. The van der Waals surface area contributed by atoms with Gasteiger partial charge in [0.15, 0.2) is 0 Å². The topological polar surface area (TPSA) is 32.3 Å². The molecule has 2 rings (SSSR count). The molecule has 0 spiro atoms. The highest BCUT2D eigenvalue weighted by Gasteiger charge is 2.16. The van der Waals surface area contributed by atoms with Gasteiger partial charge in [0.25, 0.3) is 0 Å². The summed E-state index contributed by atoms with van der Waals surface area (Å²) in [6.45, 7) is 4.27. The average Bonchev–Trinajstić information content (AvgIpc) is 2.44. The van der Waals surface area contributed by atoms with Crippen molar-refractivity contribution in [3.63, 3.8) is 0 Å². The number of rotatable bonds is 4. The van der Waals surface area contributed by atoms with Gasteiger partial charge in [0, 0.05) is 6.54 Å². The number of aliphatic hydroxyl groups is 1. The minimum absolute atomic E-state index is 0.405. The van der Waals surface area contributed by atoms with Gasteiger partial charge in [-0.05, 0) is 36.2 Å². The lowest BCUT2D eigenvalue weighted by atomic mass is 10.0. The molecule has 1 unspecified atom stereocenters. The third-order valence-corrected chi connectivity index (χ3v) is 3.26. The number of β-amino-alcohol motifs (C(OH)–C–C–N with tert-alkyl or cyclic N) is 1. The first kappa shape index (κ1) is 13.6. The maximum Gasteiger partial charge on any atom is 0.0915 e. The highest BCUT2D eigenvalue weighted by atomic mass is 16.3. The third-order valence-electron chi connectivity index (χ3n) is 3.26.